The van der Waals surface area contributed by atoms with Gasteiger partial charge in [-0.25, -0.2) is 4.52 Å². The molecule has 0 spiro atoms. The standard InChI is InChI=1S/C20H17ClN6O/c1-12(16-7-14(21)11-27-19(16)5-6-22-27)28-15-3-4-18-17(8-15)20(25-24-18)13-9-23-26(2)10-13/h3-12H,1-2H3,(H,24,25). The van der Waals surface area contributed by atoms with Gasteiger partial charge in [-0.2, -0.15) is 15.3 Å². The van der Waals surface area contributed by atoms with Gasteiger partial charge >= 0.3 is 0 Å². The van der Waals surface area contributed by atoms with Crippen LogP contribution in [0, 0.1) is 0 Å². The van der Waals surface area contributed by atoms with Gasteiger partial charge in [0.1, 0.15) is 17.5 Å². The minimum Gasteiger partial charge on any atom is -0.486 e. The number of hydrogen-bond acceptors (Lipinski definition) is 4. The third kappa shape index (κ3) is 2.80. The summed E-state index contributed by atoms with van der Waals surface area (Å²) in [6, 6.07) is 9.76. The summed E-state index contributed by atoms with van der Waals surface area (Å²) in [6.07, 6.45) is 7.07. The number of aryl methyl sites for hydroxylation is 1. The Bertz CT molecular complexity index is 1300. The second-order valence-electron chi connectivity index (χ2n) is 6.72. The lowest BCUT2D eigenvalue weighted by molar-refractivity contribution is 0.228. The van der Waals surface area contributed by atoms with Gasteiger partial charge in [0.2, 0.25) is 0 Å². The zero-order valence-electron chi connectivity index (χ0n) is 15.3. The van der Waals surface area contributed by atoms with E-state index in [1.54, 1.807) is 27.8 Å². The lowest BCUT2D eigenvalue weighted by atomic mass is 10.1. The second-order valence-corrected chi connectivity index (χ2v) is 7.15. The number of hydrogen-bond donors (Lipinski definition) is 1. The summed E-state index contributed by atoms with van der Waals surface area (Å²) in [7, 11) is 1.89. The van der Waals surface area contributed by atoms with E-state index < -0.39 is 0 Å². The van der Waals surface area contributed by atoms with Gasteiger partial charge in [-0.3, -0.25) is 9.78 Å². The Labute approximate surface area is 165 Å². The molecule has 4 aromatic heterocycles. The molecule has 1 atom stereocenters. The van der Waals surface area contributed by atoms with Gasteiger partial charge in [0.25, 0.3) is 0 Å². The number of halogens is 1. The lowest BCUT2D eigenvalue weighted by Crippen LogP contribution is -2.05. The van der Waals surface area contributed by atoms with Crippen LogP contribution < -0.4 is 4.74 Å². The number of aromatic nitrogens is 6. The van der Waals surface area contributed by atoms with Crippen molar-refractivity contribution >= 4 is 28.0 Å². The Hall–Kier alpha value is -3.32. The van der Waals surface area contributed by atoms with Gasteiger partial charge in [-0.05, 0) is 37.3 Å². The number of pyridine rings is 1. The first-order valence-electron chi connectivity index (χ1n) is 8.85. The molecule has 0 saturated carbocycles. The predicted molar refractivity (Wildman–Crippen MR) is 108 cm³/mol. The van der Waals surface area contributed by atoms with Crippen molar-refractivity contribution in [3.05, 3.63) is 65.7 Å². The van der Waals surface area contributed by atoms with E-state index in [-0.39, 0.29) is 6.10 Å². The van der Waals surface area contributed by atoms with Crippen LogP contribution >= 0.6 is 11.6 Å². The number of benzene rings is 1. The highest BCUT2D eigenvalue weighted by Crippen LogP contribution is 2.32. The topological polar surface area (TPSA) is 73.0 Å². The Morgan fingerprint density at radius 2 is 2.04 bits per heavy atom. The van der Waals surface area contributed by atoms with Crippen molar-refractivity contribution in [1.82, 2.24) is 29.6 Å². The average molecular weight is 393 g/mol. The molecule has 0 aliphatic heterocycles. The molecule has 0 bridgehead atoms. The monoisotopic (exact) mass is 392 g/mol. The van der Waals surface area contributed by atoms with Crippen LogP contribution in [-0.4, -0.2) is 29.6 Å². The number of ether oxygens (including phenoxy) is 1. The van der Waals surface area contributed by atoms with Crippen molar-refractivity contribution in [2.75, 3.05) is 0 Å². The van der Waals surface area contributed by atoms with E-state index in [0.29, 0.717) is 5.02 Å². The first-order valence-corrected chi connectivity index (χ1v) is 9.23. The van der Waals surface area contributed by atoms with Crippen LogP contribution in [0.15, 0.2) is 55.1 Å². The normalized spacial score (nSPS) is 12.7. The van der Waals surface area contributed by atoms with Crippen LogP contribution in [-0.2, 0) is 7.05 Å². The molecule has 0 aliphatic rings. The Morgan fingerprint density at radius 3 is 2.86 bits per heavy atom. The summed E-state index contributed by atoms with van der Waals surface area (Å²) in [5, 5.41) is 17.6. The molecular formula is C20H17ClN6O. The van der Waals surface area contributed by atoms with Crippen molar-refractivity contribution in [1.29, 1.82) is 0 Å². The van der Waals surface area contributed by atoms with Gasteiger partial charge in [0.15, 0.2) is 0 Å². The molecule has 28 heavy (non-hydrogen) atoms. The van der Waals surface area contributed by atoms with Crippen LogP contribution in [0.5, 0.6) is 5.75 Å². The molecule has 0 saturated heterocycles. The van der Waals surface area contributed by atoms with Crippen LogP contribution in [0.3, 0.4) is 0 Å². The van der Waals surface area contributed by atoms with Crippen LogP contribution in [0.25, 0.3) is 27.7 Å². The molecule has 1 aromatic carbocycles. The third-order valence-corrected chi connectivity index (χ3v) is 4.98. The molecule has 4 heterocycles. The van der Waals surface area contributed by atoms with E-state index in [0.717, 1.165) is 39.0 Å². The van der Waals surface area contributed by atoms with E-state index >= 15 is 0 Å². The van der Waals surface area contributed by atoms with Crippen LogP contribution in [0.1, 0.15) is 18.6 Å². The predicted octanol–water partition coefficient (Wildman–Crippen LogP) is 4.40. The molecule has 0 fully saturated rings. The van der Waals surface area contributed by atoms with Crippen molar-refractivity contribution in [2.24, 2.45) is 7.05 Å². The van der Waals surface area contributed by atoms with Crippen molar-refractivity contribution in [3.63, 3.8) is 0 Å². The number of rotatable bonds is 4. The SMILES string of the molecule is CC(Oc1ccc2[nH]nc(-c3cnn(C)c3)c2c1)c1cc(Cl)cn2nccc12. The number of nitrogens with zero attached hydrogens (tertiary/aromatic N) is 5. The molecule has 1 N–H and O–H groups in total. The van der Waals surface area contributed by atoms with E-state index in [9.17, 15) is 0 Å². The molecule has 8 heteroatoms. The van der Waals surface area contributed by atoms with Gasteiger partial charge in [0.05, 0.1) is 22.3 Å². The molecule has 1 unspecified atom stereocenters. The number of nitrogens with one attached hydrogen (secondary N) is 1. The molecule has 5 rings (SSSR count). The maximum Gasteiger partial charge on any atom is 0.123 e. The summed E-state index contributed by atoms with van der Waals surface area (Å²) >= 11 is 6.25. The Kier molecular flexibility index (Phi) is 3.84. The summed E-state index contributed by atoms with van der Waals surface area (Å²) in [5.74, 6) is 0.754. The van der Waals surface area contributed by atoms with Crippen molar-refractivity contribution in [3.8, 4) is 17.0 Å². The van der Waals surface area contributed by atoms with Gasteiger partial charge < -0.3 is 4.74 Å². The molecule has 0 radical (unpaired) electrons. The molecule has 140 valence electrons. The minimum atomic E-state index is -0.205. The van der Waals surface area contributed by atoms with E-state index in [1.807, 2.05) is 50.5 Å². The summed E-state index contributed by atoms with van der Waals surface area (Å²) in [5.41, 5.74) is 4.69. The molecule has 0 amide bonds. The van der Waals surface area contributed by atoms with Crippen LogP contribution in [0.2, 0.25) is 5.02 Å². The zero-order valence-corrected chi connectivity index (χ0v) is 16.1. The molecule has 5 aromatic rings. The van der Waals surface area contributed by atoms with Crippen molar-refractivity contribution in [2.45, 2.75) is 13.0 Å². The second kappa shape index (κ2) is 6.38. The average Bonchev–Trinajstić information content (AvgIpc) is 3.39. The highest BCUT2D eigenvalue weighted by atomic mass is 35.5. The highest BCUT2D eigenvalue weighted by Gasteiger charge is 2.15. The van der Waals surface area contributed by atoms with E-state index in [2.05, 4.69) is 20.4 Å². The largest absolute Gasteiger partial charge is 0.486 e. The number of aromatic amines is 1. The zero-order chi connectivity index (χ0) is 19.3. The summed E-state index contributed by atoms with van der Waals surface area (Å²) < 4.78 is 9.76. The van der Waals surface area contributed by atoms with Gasteiger partial charge in [0, 0.05) is 42.2 Å². The summed E-state index contributed by atoms with van der Waals surface area (Å²) in [4.78, 5) is 0. The maximum atomic E-state index is 6.25. The van der Waals surface area contributed by atoms with E-state index in [4.69, 9.17) is 16.3 Å². The Morgan fingerprint density at radius 1 is 1.14 bits per heavy atom. The van der Waals surface area contributed by atoms with Gasteiger partial charge in [-0.15, -0.1) is 0 Å². The highest BCUT2D eigenvalue weighted by molar-refractivity contribution is 6.30. The molecule has 0 aliphatic carbocycles. The maximum absolute atomic E-state index is 6.25. The fourth-order valence-corrected chi connectivity index (χ4v) is 3.66. The molecular weight excluding hydrogens is 376 g/mol. The summed E-state index contributed by atoms with van der Waals surface area (Å²) in [6.45, 7) is 2.00. The fraction of sp³-hybridized carbons (Fsp3) is 0.150. The Balaban J connectivity index is 1.52. The first kappa shape index (κ1) is 16.8. The van der Waals surface area contributed by atoms with E-state index in [1.165, 1.54) is 0 Å². The lowest BCUT2D eigenvalue weighted by Gasteiger charge is -2.16. The first-order chi connectivity index (χ1) is 13.6. The van der Waals surface area contributed by atoms with Gasteiger partial charge in [-0.1, -0.05) is 11.6 Å². The smallest absolute Gasteiger partial charge is 0.123 e. The molecule has 7 nitrogen and oxygen atoms in total. The van der Waals surface area contributed by atoms with Crippen LogP contribution in [0.4, 0.5) is 0 Å². The van der Waals surface area contributed by atoms with Crippen molar-refractivity contribution < 1.29 is 4.74 Å². The number of H-pyrrole nitrogens is 1. The fourth-order valence-electron chi connectivity index (χ4n) is 3.45. The third-order valence-electron chi connectivity index (χ3n) is 4.77. The minimum absolute atomic E-state index is 0.205. The number of fused-ring (bicyclic) bond motifs is 2. The quantitative estimate of drug-likeness (QED) is 0.492.